The molecule has 0 radical (unpaired) electrons. The molecule has 1 aliphatic rings. The number of rotatable bonds is 2. The molecule has 0 saturated heterocycles. The van der Waals surface area contributed by atoms with E-state index in [9.17, 15) is 4.79 Å². The van der Waals surface area contributed by atoms with Crippen LogP contribution in [0.1, 0.15) is 41.2 Å². The Hall–Kier alpha value is -1.84. The van der Waals surface area contributed by atoms with Crippen LogP contribution in [-0.2, 0) is 7.05 Å². The van der Waals surface area contributed by atoms with Gasteiger partial charge in [0.1, 0.15) is 0 Å². The van der Waals surface area contributed by atoms with Crippen LogP contribution < -0.4 is 0 Å². The zero-order chi connectivity index (χ0) is 12.0. The molecule has 0 aliphatic heterocycles. The second kappa shape index (κ2) is 3.58. The summed E-state index contributed by atoms with van der Waals surface area (Å²) in [5, 5.41) is 14.5. The van der Waals surface area contributed by atoms with Gasteiger partial charge in [-0.05, 0) is 25.0 Å². The molecule has 17 heavy (non-hydrogen) atoms. The predicted molar refractivity (Wildman–Crippen MR) is 64.3 cm³/mol. The van der Waals surface area contributed by atoms with Gasteiger partial charge < -0.3 is 5.11 Å². The minimum Gasteiger partial charge on any atom is -0.478 e. The molecule has 0 spiro atoms. The number of nitrogens with zero attached hydrogens (tertiary/aromatic N) is 2. The molecule has 4 heteroatoms. The Labute approximate surface area is 98.9 Å². The van der Waals surface area contributed by atoms with Gasteiger partial charge in [-0.3, -0.25) is 4.68 Å². The molecule has 0 amide bonds. The van der Waals surface area contributed by atoms with Gasteiger partial charge in [-0.1, -0.05) is 12.5 Å². The second-order valence-electron chi connectivity index (χ2n) is 4.67. The summed E-state index contributed by atoms with van der Waals surface area (Å²) in [6.45, 7) is 0. The molecule has 1 N–H and O–H groups in total. The lowest BCUT2D eigenvalue weighted by atomic mass is 9.81. The van der Waals surface area contributed by atoms with Crippen LogP contribution >= 0.6 is 0 Å². The Morgan fingerprint density at radius 3 is 2.82 bits per heavy atom. The van der Waals surface area contributed by atoms with E-state index < -0.39 is 5.97 Å². The fourth-order valence-corrected chi connectivity index (χ4v) is 2.52. The lowest BCUT2D eigenvalue weighted by molar-refractivity contribution is 0.0697. The maximum absolute atomic E-state index is 10.9. The maximum atomic E-state index is 10.9. The number of hydrogen-bond donors (Lipinski definition) is 1. The standard InChI is InChI=1S/C13H14N2O2/c1-15-12(8-3-2-4-8)10-6-5-9(13(16)17)7-11(10)14-15/h5-8H,2-4H2,1H3,(H,16,17). The van der Waals surface area contributed by atoms with E-state index in [0.29, 0.717) is 11.5 Å². The summed E-state index contributed by atoms with van der Waals surface area (Å²) < 4.78 is 1.90. The molecule has 0 atom stereocenters. The van der Waals surface area contributed by atoms with Gasteiger partial charge >= 0.3 is 5.97 Å². The van der Waals surface area contributed by atoms with E-state index in [1.54, 1.807) is 12.1 Å². The number of carbonyl (C=O) groups is 1. The molecular weight excluding hydrogens is 216 g/mol. The molecule has 0 bridgehead atoms. The first-order valence-electron chi connectivity index (χ1n) is 5.87. The Balaban J connectivity index is 2.17. The Morgan fingerprint density at radius 1 is 1.47 bits per heavy atom. The van der Waals surface area contributed by atoms with Gasteiger partial charge in [-0.25, -0.2) is 4.79 Å². The summed E-state index contributed by atoms with van der Waals surface area (Å²) in [6, 6.07) is 5.20. The lowest BCUT2D eigenvalue weighted by Gasteiger charge is -2.25. The monoisotopic (exact) mass is 230 g/mol. The van der Waals surface area contributed by atoms with E-state index in [4.69, 9.17) is 5.11 Å². The third-order valence-corrected chi connectivity index (χ3v) is 3.62. The summed E-state index contributed by atoms with van der Waals surface area (Å²) in [5.74, 6) is -0.302. The van der Waals surface area contributed by atoms with E-state index in [0.717, 1.165) is 10.9 Å². The van der Waals surface area contributed by atoms with E-state index in [-0.39, 0.29) is 0 Å². The highest BCUT2D eigenvalue weighted by Gasteiger charge is 2.25. The number of hydrogen-bond acceptors (Lipinski definition) is 2. The summed E-state index contributed by atoms with van der Waals surface area (Å²) in [6.07, 6.45) is 3.72. The Bertz CT molecular complexity index is 597. The summed E-state index contributed by atoms with van der Waals surface area (Å²) in [4.78, 5) is 10.9. The van der Waals surface area contributed by atoms with Gasteiger partial charge in [0.05, 0.1) is 11.1 Å². The second-order valence-corrected chi connectivity index (χ2v) is 4.67. The number of aromatic carboxylic acids is 1. The number of fused-ring (bicyclic) bond motifs is 1. The van der Waals surface area contributed by atoms with Crippen molar-refractivity contribution in [2.45, 2.75) is 25.2 Å². The summed E-state index contributed by atoms with van der Waals surface area (Å²) in [5.41, 5.74) is 2.34. The topological polar surface area (TPSA) is 55.1 Å². The number of carboxylic acids is 1. The zero-order valence-corrected chi connectivity index (χ0v) is 9.68. The number of aromatic nitrogens is 2. The quantitative estimate of drug-likeness (QED) is 0.862. The van der Waals surface area contributed by atoms with Crippen molar-refractivity contribution in [3.05, 3.63) is 29.5 Å². The average molecular weight is 230 g/mol. The summed E-state index contributed by atoms with van der Waals surface area (Å²) in [7, 11) is 1.94. The summed E-state index contributed by atoms with van der Waals surface area (Å²) >= 11 is 0. The smallest absolute Gasteiger partial charge is 0.335 e. The van der Waals surface area contributed by atoms with Crippen molar-refractivity contribution in [3.8, 4) is 0 Å². The van der Waals surface area contributed by atoms with E-state index in [1.165, 1.54) is 25.0 Å². The first-order valence-corrected chi connectivity index (χ1v) is 5.87. The van der Waals surface area contributed by atoms with E-state index in [2.05, 4.69) is 5.10 Å². The van der Waals surface area contributed by atoms with E-state index >= 15 is 0 Å². The molecule has 88 valence electrons. The minimum atomic E-state index is -0.900. The molecule has 2 aromatic rings. The van der Waals surface area contributed by atoms with Crippen molar-refractivity contribution < 1.29 is 9.90 Å². The van der Waals surface area contributed by atoms with Crippen molar-refractivity contribution in [1.82, 2.24) is 9.78 Å². The van der Waals surface area contributed by atoms with Gasteiger partial charge in [0.25, 0.3) is 0 Å². The van der Waals surface area contributed by atoms with Gasteiger partial charge in [0.2, 0.25) is 0 Å². The third kappa shape index (κ3) is 1.52. The minimum absolute atomic E-state index is 0.302. The highest BCUT2D eigenvalue weighted by molar-refractivity contribution is 5.94. The highest BCUT2D eigenvalue weighted by Crippen LogP contribution is 2.39. The third-order valence-electron chi connectivity index (χ3n) is 3.62. The van der Waals surface area contributed by atoms with Crippen LogP contribution in [0.4, 0.5) is 0 Å². The zero-order valence-electron chi connectivity index (χ0n) is 9.68. The number of carboxylic acid groups (broad SMARTS) is 1. The van der Waals surface area contributed by atoms with Crippen molar-refractivity contribution in [2.75, 3.05) is 0 Å². The van der Waals surface area contributed by atoms with Crippen molar-refractivity contribution in [1.29, 1.82) is 0 Å². The van der Waals surface area contributed by atoms with Crippen molar-refractivity contribution in [2.24, 2.45) is 7.05 Å². The van der Waals surface area contributed by atoms with Crippen LogP contribution in [0.3, 0.4) is 0 Å². The van der Waals surface area contributed by atoms with Crippen LogP contribution in [0.15, 0.2) is 18.2 Å². The van der Waals surface area contributed by atoms with Crippen molar-refractivity contribution >= 4 is 16.9 Å². The molecule has 1 aromatic heterocycles. The maximum Gasteiger partial charge on any atom is 0.335 e. The molecular formula is C13H14N2O2. The van der Waals surface area contributed by atoms with Crippen molar-refractivity contribution in [3.63, 3.8) is 0 Å². The Kier molecular flexibility index (Phi) is 2.18. The number of aryl methyl sites for hydroxylation is 1. The number of benzene rings is 1. The van der Waals surface area contributed by atoms with Crippen LogP contribution in [0, 0.1) is 0 Å². The average Bonchev–Trinajstić information content (AvgIpc) is 2.52. The van der Waals surface area contributed by atoms with Crippen LogP contribution in [0.5, 0.6) is 0 Å². The normalized spacial score (nSPS) is 16.1. The van der Waals surface area contributed by atoms with E-state index in [1.807, 2.05) is 17.8 Å². The SMILES string of the molecule is Cn1nc2cc(C(=O)O)ccc2c1C1CCC1. The van der Waals surface area contributed by atoms with Gasteiger partial charge in [-0.15, -0.1) is 0 Å². The molecule has 1 fully saturated rings. The first-order chi connectivity index (χ1) is 8.16. The van der Waals surface area contributed by atoms with Crippen LogP contribution in [0.2, 0.25) is 0 Å². The van der Waals surface area contributed by atoms with Gasteiger partial charge in [-0.2, -0.15) is 5.10 Å². The fourth-order valence-electron chi connectivity index (χ4n) is 2.52. The lowest BCUT2D eigenvalue weighted by Crippen LogP contribution is -2.13. The molecule has 3 rings (SSSR count). The molecule has 1 saturated carbocycles. The first kappa shape index (κ1) is 10.3. The molecule has 4 nitrogen and oxygen atoms in total. The Morgan fingerprint density at radius 2 is 2.24 bits per heavy atom. The van der Waals surface area contributed by atoms with Crippen LogP contribution in [-0.4, -0.2) is 20.9 Å². The predicted octanol–water partition coefficient (Wildman–Crippen LogP) is 2.54. The molecule has 1 heterocycles. The fraction of sp³-hybridized carbons (Fsp3) is 0.385. The molecule has 0 unspecified atom stereocenters. The molecule has 1 aromatic carbocycles. The highest BCUT2D eigenvalue weighted by atomic mass is 16.4. The van der Waals surface area contributed by atoms with Gasteiger partial charge in [0.15, 0.2) is 0 Å². The van der Waals surface area contributed by atoms with Crippen LogP contribution in [0.25, 0.3) is 10.9 Å². The largest absolute Gasteiger partial charge is 0.478 e. The van der Waals surface area contributed by atoms with Gasteiger partial charge in [0, 0.05) is 24.0 Å². The molecule has 1 aliphatic carbocycles.